The second-order valence-corrected chi connectivity index (χ2v) is 7.15. The summed E-state index contributed by atoms with van der Waals surface area (Å²) in [5.74, 6) is 0.524. The fraction of sp³-hybridized carbons (Fsp3) is 0.400. The summed E-state index contributed by atoms with van der Waals surface area (Å²) in [5, 5.41) is 4.19. The van der Waals surface area contributed by atoms with Crippen LogP contribution in [0.25, 0.3) is 0 Å². The van der Waals surface area contributed by atoms with Gasteiger partial charge in [-0.1, -0.05) is 18.2 Å². The van der Waals surface area contributed by atoms with E-state index in [1.165, 1.54) is 6.20 Å². The lowest BCUT2D eigenvalue weighted by Gasteiger charge is -2.08. The number of hydrogen-bond donors (Lipinski definition) is 1. The second-order valence-electron chi connectivity index (χ2n) is 5.31. The smallest absolute Gasteiger partial charge is 0.236 e. The summed E-state index contributed by atoms with van der Waals surface area (Å²) in [4.78, 5) is 0. The minimum Gasteiger partial charge on any atom is -0.492 e. The van der Waals surface area contributed by atoms with Crippen molar-refractivity contribution in [2.24, 2.45) is 0 Å². The predicted octanol–water partition coefficient (Wildman–Crippen LogP) is 1.67. The number of para-hydroxylation sites is 1. The fourth-order valence-electron chi connectivity index (χ4n) is 2.34. The molecule has 1 aromatic carbocycles. The van der Waals surface area contributed by atoms with Gasteiger partial charge >= 0.3 is 0 Å². The summed E-state index contributed by atoms with van der Waals surface area (Å²) in [7, 11) is -3.47. The van der Waals surface area contributed by atoms with Gasteiger partial charge in [0.2, 0.25) is 10.0 Å². The molecule has 2 aromatic rings. The zero-order chi connectivity index (χ0) is 16.1. The number of nitrogens with zero attached hydrogens (tertiary/aromatic N) is 2. The summed E-state index contributed by atoms with van der Waals surface area (Å²) >= 11 is 0. The van der Waals surface area contributed by atoms with Crippen LogP contribution in [-0.2, 0) is 14.8 Å². The van der Waals surface area contributed by atoms with Crippen molar-refractivity contribution in [2.45, 2.75) is 12.5 Å². The Hall–Kier alpha value is -2.06. The molecule has 1 aliphatic rings. The Balaban J connectivity index is 1.52. The predicted molar refractivity (Wildman–Crippen MR) is 86.0 cm³/mol. The zero-order valence-electron chi connectivity index (χ0n) is 12.6. The fourth-order valence-corrected chi connectivity index (χ4v) is 3.21. The third kappa shape index (κ3) is 4.46. The monoisotopic (exact) mass is 337 g/mol. The molecule has 0 spiro atoms. The first-order valence-corrected chi connectivity index (χ1v) is 9.08. The molecule has 0 radical (unpaired) electrons. The molecule has 0 bridgehead atoms. The van der Waals surface area contributed by atoms with Crippen molar-refractivity contribution in [1.82, 2.24) is 9.78 Å². The van der Waals surface area contributed by atoms with E-state index in [-0.39, 0.29) is 18.4 Å². The van der Waals surface area contributed by atoms with Crippen LogP contribution in [0.3, 0.4) is 0 Å². The van der Waals surface area contributed by atoms with Gasteiger partial charge in [0.15, 0.2) is 0 Å². The number of hydrogen-bond acceptors (Lipinski definition) is 5. The molecule has 3 rings (SSSR count). The Morgan fingerprint density at radius 2 is 2.17 bits per heavy atom. The Kier molecular flexibility index (Phi) is 4.82. The molecule has 0 saturated carbocycles. The lowest BCUT2D eigenvalue weighted by Crippen LogP contribution is -2.21. The lowest BCUT2D eigenvalue weighted by molar-refractivity contribution is 0.184. The van der Waals surface area contributed by atoms with Crippen LogP contribution < -0.4 is 9.46 Å². The first-order valence-electron chi connectivity index (χ1n) is 7.43. The van der Waals surface area contributed by atoms with Crippen molar-refractivity contribution < 1.29 is 17.9 Å². The SMILES string of the molecule is O=S(=O)(CCOc1ccccc1)Nc1cnn([C@H]2CCOC2)c1. The van der Waals surface area contributed by atoms with Gasteiger partial charge < -0.3 is 9.47 Å². The third-order valence-corrected chi connectivity index (χ3v) is 4.77. The normalized spacial score (nSPS) is 18.0. The second kappa shape index (κ2) is 7.01. The van der Waals surface area contributed by atoms with E-state index < -0.39 is 10.0 Å². The van der Waals surface area contributed by atoms with Crippen LogP contribution in [0.15, 0.2) is 42.7 Å². The number of benzene rings is 1. The molecule has 1 saturated heterocycles. The topological polar surface area (TPSA) is 82.5 Å². The standard InChI is InChI=1S/C15H19N3O4S/c19-23(20,9-8-22-15-4-2-1-3-5-15)17-13-10-16-18(11-13)14-6-7-21-12-14/h1-5,10-11,14,17H,6-9,12H2/t14-/m0/s1. The van der Waals surface area contributed by atoms with Crippen LogP contribution in [-0.4, -0.2) is 43.8 Å². The molecule has 2 heterocycles. The highest BCUT2D eigenvalue weighted by Crippen LogP contribution is 2.20. The van der Waals surface area contributed by atoms with E-state index in [2.05, 4.69) is 9.82 Å². The molecule has 7 nitrogen and oxygen atoms in total. The number of aromatic nitrogens is 2. The van der Waals surface area contributed by atoms with Crippen molar-refractivity contribution in [3.05, 3.63) is 42.7 Å². The summed E-state index contributed by atoms with van der Waals surface area (Å²) in [6.45, 7) is 1.41. The lowest BCUT2D eigenvalue weighted by atomic mass is 10.3. The van der Waals surface area contributed by atoms with Crippen LogP contribution >= 0.6 is 0 Å². The van der Waals surface area contributed by atoms with Crippen LogP contribution in [0.2, 0.25) is 0 Å². The van der Waals surface area contributed by atoms with E-state index in [4.69, 9.17) is 9.47 Å². The molecule has 1 aromatic heterocycles. The van der Waals surface area contributed by atoms with Crippen molar-refractivity contribution >= 4 is 15.7 Å². The average molecular weight is 337 g/mol. The quantitative estimate of drug-likeness (QED) is 0.831. The molecule has 0 aliphatic carbocycles. The minimum absolute atomic E-state index is 0.0873. The largest absolute Gasteiger partial charge is 0.492 e. The van der Waals surface area contributed by atoms with E-state index >= 15 is 0 Å². The molecule has 1 N–H and O–H groups in total. The number of sulfonamides is 1. The van der Waals surface area contributed by atoms with E-state index in [9.17, 15) is 8.42 Å². The Bertz CT molecular complexity index is 724. The molecule has 1 fully saturated rings. The molecular formula is C15H19N3O4S. The Labute approximate surface area is 135 Å². The van der Waals surface area contributed by atoms with Gasteiger partial charge in [-0.2, -0.15) is 5.10 Å². The molecule has 1 aliphatic heterocycles. The highest BCUT2D eigenvalue weighted by Gasteiger charge is 2.19. The van der Waals surface area contributed by atoms with Gasteiger partial charge in [0.05, 0.1) is 24.5 Å². The van der Waals surface area contributed by atoms with Gasteiger partial charge in [0, 0.05) is 12.8 Å². The number of ether oxygens (including phenoxy) is 2. The van der Waals surface area contributed by atoms with Gasteiger partial charge in [-0.3, -0.25) is 9.40 Å². The number of rotatable bonds is 7. The maximum absolute atomic E-state index is 12.1. The van der Waals surface area contributed by atoms with Gasteiger partial charge in [-0.25, -0.2) is 8.42 Å². The van der Waals surface area contributed by atoms with E-state index in [1.807, 2.05) is 18.2 Å². The minimum atomic E-state index is -3.47. The zero-order valence-corrected chi connectivity index (χ0v) is 13.4. The highest BCUT2D eigenvalue weighted by molar-refractivity contribution is 7.92. The maximum atomic E-state index is 12.1. The van der Waals surface area contributed by atoms with Crippen molar-refractivity contribution in [3.63, 3.8) is 0 Å². The Morgan fingerprint density at radius 1 is 1.35 bits per heavy atom. The first-order chi connectivity index (χ1) is 11.1. The third-order valence-electron chi connectivity index (χ3n) is 3.52. The molecule has 23 heavy (non-hydrogen) atoms. The van der Waals surface area contributed by atoms with Crippen molar-refractivity contribution in [3.8, 4) is 5.75 Å². The van der Waals surface area contributed by atoms with Gasteiger partial charge in [-0.05, 0) is 18.6 Å². The highest BCUT2D eigenvalue weighted by atomic mass is 32.2. The maximum Gasteiger partial charge on any atom is 0.236 e. The molecule has 0 unspecified atom stereocenters. The van der Waals surface area contributed by atoms with Gasteiger partial charge in [0.1, 0.15) is 18.1 Å². The summed E-state index contributed by atoms with van der Waals surface area (Å²) in [5.41, 5.74) is 0.455. The van der Waals surface area contributed by atoms with Gasteiger partial charge in [0.25, 0.3) is 0 Å². The molecule has 8 heteroatoms. The molecule has 124 valence electrons. The van der Waals surface area contributed by atoms with E-state index in [0.717, 1.165) is 6.42 Å². The first kappa shape index (κ1) is 15.8. The molecular weight excluding hydrogens is 318 g/mol. The summed E-state index contributed by atoms with van der Waals surface area (Å²) in [6, 6.07) is 9.29. The molecule has 0 amide bonds. The number of anilines is 1. The van der Waals surface area contributed by atoms with Crippen LogP contribution in [0.1, 0.15) is 12.5 Å². The number of nitrogens with one attached hydrogen (secondary N) is 1. The van der Waals surface area contributed by atoms with Crippen LogP contribution in [0, 0.1) is 0 Å². The van der Waals surface area contributed by atoms with Crippen LogP contribution in [0.4, 0.5) is 5.69 Å². The summed E-state index contributed by atoms with van der Waals surface area (Å²) < 4.78 is 39.1. The van der Waals surface area contributed by atoms with E-state index in [0.29, 0.717) is 24.7 Å². The van der Waals surface area contributed by atoms with Crippen molar-refractivity contribution in [2.75, 3.05) is 30.3 Å². The average Bonchev–Trinajstić information content (AvgIpc) is 3.18. The Morgan fingerprint density at radius 3 is 2.91 bits per heavy atom. The van der Waals surface area contributed by atoms with Gasteiger partial charge in [-0.15, -0.1) is 0 Å². The van der Waals surface area contributed by atoms with Crippen molar-refractivity contribution in [1.29, 1.82) is 0 Å². The van der Waals surface area contributed by atoms with Crippen LogP contribution in [0.5, 0.6) is 5.75 Å². The summed E-state index contributed by atoms with van der Waals surface area (Å²) in [6.07, 6.45) is 4.08. The molecule has 1 atom stereocenters. The van der Waals surface area contributed by atoms with E-state index in [1.54, 1.807) is 23.0 Å².